The fraction of sp³-hybridized carbons (Fsp3) is 0.529. The second-order valence-corrected chi connectivity index (χ2v) is 6.46. The monoisotopic (exact) mass is 353 g/mol. The highest BCUT2D eigenvalue weighted by atomic mass is 35.5. The van der Waals surface area contributed by atoms with Gasteiger partial charge in [-0.25, -0.2) is 0 Å². The number of carbonyl (C=O) groups excluding carboxylic acids is 2. The molecule has 0 saturated carbocycles. The molecule has 7 heteroatoms. The van der Waals surface area contributed by atoms with E-state index in [4.69, 9.17) is 10.5 Å². The van der Waals surface area contributed by atoms with Gasteiger partial charge in [0.15, 0.2) is 6.61 Å². The Balaban J connectivity index is 0.00000208. The van der Waals surface area contributed by atoms with Gasteiger partial charge in [-0.05, 0) is 43.9 Å². The van der Waals surface area contributed by atoms with Crippen LogP contribution < -0.4 is 15.8 Å². The lowest BCUT2D eigenvalue weighted by atomic mass is 9.98. The van der Waals surface area contributed by atoms with Crippen LogP contribution >= 0.6 is 12.4 Å². The zero-order valence-electron chi connectivity index (χ0n) is 13.7. The van der Waals surface area contributed by atoms with Gasteiger partial charge < -0.3 is 20.7 Å². The number of hydrogen-bond acceptors (Lipinski definition) is 4. The minimum absolute atomic E-state index is 0. The molecular weight excluding hydrogens is 330 g/mol. The highest BCUT2D eigenvalue weighted by Gasteiger charge is 2.36. The van der Waals surface area contributed by atoms with Gasteiger partial charge in [-0.3, -0.25) is 9.59 Å². The molecular formula is C17H24ClN3O3. The van der Waals surface area contributed by atoms with Gasteiger partial charge in [0.05, 0.1) is 0 Å². The van der Waals surface area contributed by atoms with E-state index < -0.39 is 5.91 Å². The molecule has 3 N–H and O–H groups in total. The molecule has 24 heavy (non-hydrogen) atoms. The van der Waals surface area contributed by atoms with Crippen molar-refractivity contribution in [3.05, 3.63) is 29.8 Å². The average molecular weight is 354 g/mol. The second kappa shape index (κ2) is 7.85. The zero-order chi connectivity index (χ0) is 16.4. The van der Waals surface area contributed by atoms with E-state index in [-0.39, 0.29) is 31.0 Å². The maximum Gasteiger partial charge on any atom is 0.255 e. The number of ether oxygens (including phenoxy) is 1. The predicted octanol–water partition coefficient (Wildman–Crippen LogP) is 1.33. The van der Waals surface area contributed by atoms with E-state index in [0.717, 1.165) is 12.8 Å². The summed E-state index contributed by atoms with van der Waals surface area (Å²) in [6.45, 7) is -0.189. The van der Waals surface area contributed by atoms with Crippen molar-refractivity contribution in [3.63, 3.8) is 0 Å². The van der Waals surface area contributed by atoms with Crippen molar-refractivity contribution in [2.45, 2.75) is 43.8 Å². The van der Waals surface area contributed by atoms with Crippen molar-refractivity contribution in [2.75, 3.05) is 13.7 Å². The molecule has 2 amide bonds. The summed E-state index contributed by atoms with van der Waals surface area (Å²) in [5.41, 5.74) is 5.64. The molecule has 2 aliphatic heterocycles. The smallest absolute Gasteiger partial charge is 0.255 e. The predicted molar refractivity (Wildman–Crippen MR) is 93.4 cm³/mol. The molecule has 0 spiro atoms. The normalized spacial score (nSPS) is 24.8. The topological polar surface area (TPSA) is 84.7 Å². The molecule has 0 aliphatic carbocycles. The van der Waals surface area contributed by atoms with E-state index in [1.165, 1.54) is 12.8 Å². The van der Waals surface area contributed by atoms with E-state index >= 15 is 0 Å². The molecule has 2 heterocycles. The molecule has 2 atom stereocenters. The van der Waals surface area contributed by atoms with Crippen molar-refractivity contribution < 1.29 is 14.3 Å². The summed E-state index contributed by atoms with van der Waals surface area (Å²) in [5.74, 6) is -0.0710. The number of primary amides is 1. The average Bonchev–Trinajstić information content (AvgIpc) is 2.90. The largest absolute Gasteiger partial charge is 0.484 e. The lowest BCUT2D eigenvalue weighted by Crippen LogP contribution is -2.48. The minimum Gasteiger partial charge on any atom is -0.484 e. The molecule has 0 radical (unpaired) electrons. The van der Waals surface area contributed by atoms with Crippen LogP contribution in [0.2, 0.25) is 0 Å². The molecule has 2 saturated heterocycles. The lowest BCUT2D eigenvalue weighted by molar-refractivity contribution is -0.119. The molecule has 1 aromatic carbocycles. The summed E-state index contributed by atoms with van der Waals surface area (Å²) >= 11 is 0. The third kappa shape index (κ3) is 4.19. The quantitative estimate of drug-likeness (QED) is 0.836. The fourth-order valence-electron chi connectivity index (χ4n) is 3.59. The number of nitrogens with zero attached hydrogens (tertiary/aromatic N) is 1. The summed E-state index contributed by atoms with van der Waals surface area (Å²) < 4.78 is 5.27. The van der Waals surface area contributed by atoms with Crippen molar-refractivity contribution in [1.29, 1.82) is 0 Å². The lowest BCUT2D eigenvalue weighted by Gasteiger charge is -2.35. The number of piperidine rings is 1. The van der Waals surface area contributed by atoms with Gasteiger partial charge in [0.25, 0.3) is 11.8 Å². The third-order valence-electron chi connectivity index (χ3n) is 4.78. The molecule has 2 fully saturated rings. The summed E-state index contributed by atoms with van der Waals surface area (Å²) in [7, 11) is 1.87. The van der Waals surface area contributed by atoms with Crippen molar-refractivity contribution in [2.24, 2.45) is 5.73 Å². The van der Waals surface area contributed by atoms with Crippen LogP contribution in [0.4, 0.5) is 0 Å². The number of fused-ring (bicyclic) bond motifs is 2. The summed E-state index contributed by atoms with van der Waals surface area (Å²) in [6.07, 6.45) is 4.44. The van der Waals surface area contributed by atoms with Crippen LogP contribution in [0.15, 0.2) is 24.3 Å². The number of hydrogen-bond donors (Lipinski definition) is 2. The highest BCUT2D eigenvalue weighted by Crippen LogP contribution is 2.30. The van der Waals surface area contributed by atoms with Gasteiger partial charge in [-0.2, -0.15) is 0 Å². The van der Waals surface area contributed by atoms with E-state index in [1.807, 2.05) is 11.9 Å². The molecule has 6 nitrogen and oxygen atoms in total. The van der Waals surface area contributed by atoms with E-state index in [0.29, 0.717) is 23.4 Å². The Morgan fingerprint density at radius 3 is 2.58 bits per heavy atom. The Morgan fingerprint density at radius 2 is 1.96 bits per heavy atom. The molecule has 3 rings (SSSR count). The van der Waals surface area contributed by atoms with Gasteiger partial charge in [-0.1, -0.05) is 6.07 Å². The van der Waals surface area contributed by atoms with Crippen molar-refractivity contribution in [3.8, 4) is 5.75 Å². The first-order chi connectivity index (χ1) is 11.0. The molecule has 2 aliphatic rings. The maximum atomic E-state index is 12.7. The number of nitrogens with one attached hydrogen (secondary N) is 1. The number of nitrogens with two attached hydrogens (primary N) is 1. The molecule has 132 valence electrons. The summed E-state index contributed by atoms with van der Waals surface area (Å²) in [5, 5.41) is 3.59. The van der Waals surface area contributed by atoms with Gasteiger partial charge in [0, 0.05) is 30.7 Å². The molecule has 0 aromatic heterocycles. The van der Waals surface area contributed by atoms with Gasteiger partial charge >= 0.3 is 0 Å². The number of amides is 2. The Labute approximate surface area is 148 Å². The van der Waals surface area contributed by atoms with Crippen LogP contribution in [-0.4, -0.2) is 48.5 Å². The van der Waals surface area contributed by atoms with E-state index in [2.05, 4.69) is 5.32 Å². The SMILES string of the molecule is CN(C(=O)c1cccc(OCC(N)=O)c1)C1CC2CCC(C1)N2.Cl. The Bertz CT molecular complexity index is 598. The van der Waals surface area contributed by atoms with Crippen molar-refractivity contribution in [1.82, 2.24) is 10.2 Å². The first-order valence-corrected chi connectivity index (χ1v) is 8.07. The molecule has 2 unspecified atom stereocenters. The molecule has 2 bridgehead atoms. The summed E-state index contributed by atoms with van der Waals surface area (Å²) in [6, 6.07) is 8.26. The van der Waals surface area contributed by atoms with E-state index in [1.54, 1.807) is 24.3 Å². The third-order valence-corrected chi connectivity index (χ3v) is 4.78. The Morgan fingerprint density at radius 1 is 1.29 bits per heavy atom. The fourth-order valence-corrected chi connectivity index (χ4v) is 3.59. The Hall–Kier alpha value is -1.79. The number of halogens is 1. The van der Waals surface area contributed by atoms with Crippen LogP contribution in [0.1, 0.15) is 36.0 Å². The number of benzene rings is 1. The highest BCUT2D eigenvalue weighted by molar-refractivity contribution is 5.94. The Kier molecular flexibility index (Phi) is 6.07. The van der Waals surface area contributed by atoms with Gasteiger partial charge in [0.1, 0.15) is 5.75 Å². The van der Waals surface area contributed by atoms with Gasteiger partial charge in [0.2, 0.25) is 0 Å². The van der Waals surface area contributed by atoms with Crippen LogP contribution in [0.3, 0.4) is 0 Å². The van der Waals surface area contributed by atoms with Crippen LogP contribution in [-0.2, 0) is 4.79 Å². The van der Waals surface area contributed by atoms with E-state index in [9.17, 15) is 9.59 Å². The van der Waals surface area contributed by atoms with Gasteiger partial charge in [-0.15, -0.1) is 12.4 Å². The first kappa shape index (κ1) is 18.5. The van der Waals surface area contributed by atoms with Crippen LogP contribution in [0.25, 0.3) is 0 Å². The standard InChI is InChI=1S/C17H23N3O3.ClH/c1-20(14-8-12-5-6-13(9-14)19-12)17(22)11-3-2-4-15(7-11)23-10-16(18)21;/h2-4,7,12-14,19H,5-6,8-10H2,1H3,(H2,18,21);1H. The minimum atomic E-state index is -0.538. The number of rotatable bonds is 5. The maximum absolute atomic E-state index is 12.7. The van der Waals surface area contributed by atoms with Crippen molar-refractivity contribution >= 4 is 24.2 Å². The molecule has 1 aromatic rings. The van der Waals surface area contributed by atoms with Crippen LogP contribution in [0.5, 0.6) is 5.75 Å². The second-order valence-electron chi connectivity index (χ2n) is 6.46. The first-order valence-electron chi connectivity index (χ1n) is 8.07. The zero-order valence-corrected chi connectivity index (χ0v) is 14.6. The number of carbonyl (C=O) groups is 2. The van der Waals surface area contributed by atoms with Crippen LogP contribution in [0, 0.1) is 0 Å². The summed E-state index contributed by atoms with van der Waals surface area (Å²) in [4.78, 5) is 25.4.